The lowest BCUT2D eigenvalue weighted by Gasteiger charge is -2.25. The average molecular weight is 195 g/mol. The lowest BCUT2D eigenvalue weighted by molar-refractivity contribution is -0.150. The van der Waals surface area contributed by atoms with Gasteiger partial charge in [0.2, 0.25) is 0 Å². The summed E-state index contributed by atoms with van der Waals surface area (Å²) < 4.78 is 4.72. The molecule has 0 aromatic carbocycles. The number of carbonyl (C=O) groups is 1. The highest BCUT2D eigenvalue weighted by atomic mass is 16.5. The van der Waals surface area contributed by atoms with Gasteiger partial charge in [-0.2, -0.15) is 5.26 Å². The first-order valence-corrected chi connectivity index (χ1v) is 5.25. The molecule has 0 spiro atoms. The van der Waals surface area contributed by atoms with Crippen LogP contribution >= 0.6 is 0 Å². The maximum Gasteiger partial charge on any atom is 0.326 e. The molecule has 0 saturated heterocycles. The molecule has 0 bridgehead atoms. The molecule has 0 radical (unpaired) electrons. The van der Waals surface area contributed by atoms with Gasteiger partial charge in [0.1, 0.15) is 0 Å². The summed E-state index contributed by atoms with van der Waals surface area (Å²) in [5.74, 6) is -0.345. The average Bonchev–Trinajstić information content (AvgIpc) is 2.18. The zero-order valence-corrected chi connectivity index (χ0v) is 8.71. The zero-order chi connectivity index (χ0) is 10.4. The maximum atomic E-state index is 11.5. The molecule has 1 aliphatic rings. The molecule has 1 saturated carbocycles. The van der Waals surface area contributed by atoms with Crippen molar-refractivity contribution in [2.24, 2.45) is 5.41 Å². The third-order valence-electron chi connectivity index (χ3n) is 3.00. The van der Waals surface area contributed by atoms with E-state index in [-0.39, 0.29) is 5.97 Å². The molecule has 0 N–H and O–H groups in total. The molecule has 1 rings (SSSR count). The summed E-state index contributed by atoms with van der Waals surface area (Å²) in [4.78, 5) is 11.5. The third kappa shape index (κ3) is 2.25. The Kier molecular flexibility index (Phi) is 3.94. The van der Waals surface area contributed by atoms with Crippen molar-refractivity contribution in [3.05, 3.63) is 0 Å². The van der Waals surface area contributed by atoms with Crippen LogP contribution in [-0.2, 0) is 9.53 Å². The molecule has 3 heteroatoms. The minimum Gasteiger partial charge on any atom is -0.468 e. The Hall–Kier alpha value is -1.04. The maximum absolute atomic E-state index is 11.5. The van der Waals surface area contributed by atoms with Crippen LogP contribution in [0.2, 0.25) is 0 Å². The van der Waals surface area contributed by atoms with E-state index in [2.05, 4.69) is 6.07 Å². The van der Waals surface area contributed by atoms with Crippen molar-refractivity contribution < 1.29 is 9.53 Å². The highest BCUT2D eigenvalue weighted by Gasteiger charge is 2.39. The second kappa shape index (κ2) is 4.99. The molecule has 0 amide bonds. The van der Waals surface area contributed by atoms with Crippen LogP contribution in [0.3, 0.4) is 0 Å². The number of carbonyl (C=O) groups excluding carboxylic acids is 1. The van der Waals surface area contributed by atoms with E-state index in [9.17, 15) is 4.79 Å². The summed E-state index contributed by atoms with van der Waals surface area (Å²) in [5.41, 5.74) is -0.852. The number of esters is 1. The summed E-state index contributed by atoms with van der Waals surface area (Å²) in [7, 11) is 1.36. The van der Waals surface area contributed by atoms with E-state index >= 15 is 0 Å². The van der Waals surface area contributed by atoms with E-state index in [0.29, 0.717) is 12.8 Å². The first kappa shape index (κ1) is 11.0. The van der Waals surface area contributed by atoms with Crippen molar-refractivity contribution in [1.29, 1.82) is 5.26 Å². The summed E-state index contributed by atoms with van der Waals surface area (Å²) in [5, 5.41) is 9.11. The van der Waals surface area contributed by atoms with Crippen molar-refractivity contribution in [3.8, 4) is 6.07 Å². The molecule has 0 unspecified atom stereocenters. The van der Waals surface area contributed by atoms with E-state index in [0.717, 1.165) is 25.7 Å². The van der Waals surface area contributed by atoms with Gasteiger partial charge in [0, 0.05) is 0 Å². The van der Waals surface area contributed by atoms with Gasteiger partial charge in [0.25, 0.3) is 0 Å². The third-order valence-corrected chi connectivity index (χ3v) is 3.00. The van der Waals surface area contributed by atoms with E-state index in [4.69, 9.17) is 10.00 Å². The number of rotatable bonds is 1. The van der Waals surface area contributed by atoms with Crippen molar-refractivity contribution in [1.82, 2.24) is 0 Å². The van der Waals surface area contributed by atoms with Gasteiger partial charge in [-0.3, -0.25) is 4.79 Å². The predicted molar refractivity (Wildman–Crippen MR) is 52.4 cm³/mol. The molecular weight excluding hydrogens is 178 g/mol. The first-order valence-electron chi connectivity index (χ1n) is 5.25. The minimum atomic E-state index is -0.852. The number of methoxy groups -OCH3 is 1. The Morgan fingerprint density at radius 1 is 1.21 bits per heavy atom. The SMILES string of the molecule is COC(=O)C1(C#N)CCCCCCC1. The zero-order valence-electron chi connectivity index (χ0n) is 8.71. The normalized spacial score (nSPS) is 21.4. The Morgan fingerprint density at radius 3 is 2.14 bits per heavy atom. The van der Waals surface area contributed by atoms with Gasteiger partial charge >= 0.3 is 5.97 Å². The topological polar surface area (TPSA) is 50.1 Å². The highest BCUT2D eigenvalue weighted by Crippen LogP contribution is 2.34. The molecule has 0 atom stereocenters. The Morgan fingerprint density at radius 2 is 1.71 bits per heavy atom. The lowest BCUT2D eigenvalue weighted by atomic mass is 9.77. The van der Waals surface area contributed by atoms with Crippen LogP contribution < -0.4 is 0 Å². The van der Waals surface area contributed by atoms with Crippen LogP contribution in [0, 0.1) is 16.7 Å². The fraction of sp³-hybridized carbons (Fsp3) is 0.818. The molecule has 78 valence electrons. The largest absolute Gasteiger partial charge is 0.468 e. The summed E-state index contributed by atoms with van der Waals surface area (Å²) >= 11 is 0. The second-order valence-electron chi connectivity index (χ2n) is 3.95. The summed E-state index contributed by atoms with van der Waals surface area (Å²) in [6.45, 7) is 0. The minimum absolute atomic E-state index is 0.345. The van der Waals surface area contributed by atoms with Gasteiger partial charge < -0.3 is 4.74 Å². The van der Waals surface area contributed by atoms with Crippen molar-refractivity contribution >= 4 is 5.97 Å². The standard InChI is InChI=1S/C11H17NO2/c1-14-10(13)11(9-12)7-5-3-2-4-6-8-11/h2-8H2,1H3. The Balaban J connectivity index is 2.74. The molecular formula is C11H17NO2. The number of nitriles is 1. The quantitative estimate of drug-likeness (QED) is 0.604. The second-order valence-corrected chi connectivity index (χ2v) is 3.95. The van der Waals surface area contributed by atoms with Gasteiger partial charge in [0.05, 0.1) is 13.2 Å². The smallest absolute Gasteiger partial charge is 0.326 e. The van der Waals surface area contributed by atoms with Gasteiger partial charge in [-0.15, -0.1) is 0 Å². The van der Waals surface area contributed by atoms with Crippen molar-refractivity contribution in [3.63, 3.8) is 0 Å². The lowest BCUT2D eigenvalue weighted by Crippen LogP contribution is -2.31. The molecule has 14 heavy (non-hydrogen) atoms. The van der Waals surface area contributed by atoms with E-state index in [1.807, 2.05) is 0 Å². The summed E-state index contributed by atoms with van der Waals surface area (Å²) in [6, 6.07) is 2.16. The molecule has 3 nitrogen and oxygen atoms in total. The molecule has 0 heterocycles. The van der Waals surface area contributed by atoms with Gasteiger partial charge in [-0.25, -0.2) is 0 Å². The monoisotopic (exact) mass is 195 g/mol. The number of ether oxygens (including phenoxy) is 1. The van der Waals surface area contributed by atoms with Crippen molar-refractivity contribution in [2.45, 2.75) is 44.9 Å². The van der Waals surface area contributed by atoms with Crippen LogP contribution in [0.25, 0.3) is 0 Å². The summed E-state index contributed by atoms with van der Waals surface area (Å²) in [6.07, 6.45) is 6.72. The van der Waals surface area contributed by atoms with Crippen molar-refractivity contribution in [2.75, 3.05) is 7.11 Å². The van der Waals surface area contributed by atoms with Gasteiger partial charge in [-0.05, 0) is 12.8 Å². The number of hydrogen-bond donors (Lipinski definition) is 0. The van der Waals surface area contributed by atoms with E-state index in [1.54, 1.807) is 0 Å². The van der Waals surface area contributed by atoms with Crippen LogP contribution in [-0.4, -0.2) is 13.1 Å². The molecule has 1 fully saturated rings. The molecule has 0 aromatic rings. The predicted octanol–water partition coefficient (Wildman–Crippen LogP) is 2.41. The van der Waals surface area contributed by atoms with Crippen LogP contribution in [0.4, 0.5) is 0 Å². The fourth-order valence-electron chi connectivity index (χ4n) is 2.07. The Labute approximate surface area is 85.1 Å². The molecule has 0 aromatic heterocycles. The number of nitrogens with zero attached hydrogens (tertiary/aromatic N) is 1. The van der Waals surface area contributed by atoms with E-state index < -0.39 is 5.41 Å². The van der Waals surface area contributed by atoms with Crippen LogP contribution in [0.1, 0.15) is 44.9 Å². The van der Waals surface area contributed by atoms with Crippen LogP contribution in [0.15, 0.2) is 0 Å². The first-order chi connectivity index (χ1) is 6.75. The van der Waals surface area contributed by atoms with Gasteiger partial charge in [0.15, 0.2) is 5.41 Å². The Bertz CT molecular complexity index is 234. The fourth-order valence-corrected chi connectivity index (χ4v) is 2.07. The highest BCUT2D eigenvalue weighted by molar-refractivity contribution is 5.79. The van der Waals surface area contributed by atoms with Gasteiger partial charge in [-0.1, -0.05) is 32.1 Å². The number of hydrogen-bond acceptors (Lipinski definition) is 3. The van der Waals surface area contributed by atoms with Crippen LogP contribution in [0.5, 0.6) is 0 Å². The molecule has 0 aliphatic heterocycles. The molecule has 1 aliphatic carbocycles. The van der Waals surface area contributed by atoms with E-state index in [1.165, 1.54) is 13.5 Å².